The molecule has 0 saturated heterocycles. The Balaban J connectivity index is 2.98. The van der Waals surface area contributed by atoms with Gasteiger partial charge in [-0.2, -0.15) is 0 Å². The lowest BCUT2D eigenvalue weighted by molar-refractivity contribution is 0.0526. The fourth-order valence-corrected chi connectivity index (χ4v) is 2.50. The monoisotopic (exact) mass is 293 g/mol. The minimum atomic E-state index is -0.333. The summed E-state index contributed by atoms with van der Waals surface area (Å²) in [4.78, 5) is 16.1. The van der Waals surface area contributed by atoms with Gasteiger partial charge in [0.2, 0.25) is 0 Å². The highest BCUT2D eigenvalue weighted by molar-refractivity contribution is 5.92. The zero-order valence-corrected chi connectivity index (χ0v) is 13.7. The van der Waals surface area contributed by atoms with Crippen molar-refractivity contribution in [2.24, 2.45) is 0 Å². The van der Waals surface area contributed by atoms with Crippen LogP contribution in [0.2, 0.25) is 0 Å². The lowest BCUT2D eigenvalue weighted by Gasteiger charge is -2.33. The highest BCUT2D eigenvalue weighted by Crippen LogP contribution is 2.26. The van der Waals surface area contributed by atoms with Crippen molar-refractivity contribution in [3.05, 3.63) is 23.8 Å². The number of carbonyl (C=O) groups excluding carboxylic acids is 1. The van der Waals surface area contributed by atoms with Crippen LogP contribution in [0.1, 0.15) is 31.1 Å². The number of nitrogens with two attached hydrogens (primary N) is 1. The van der Waals surface area contributed by atoms with Crippen LogP contribution in [-0.2, 0) is 4.74 Å². The maximum absolute atomic E-state index is 11.7. The van der Waals surface area contributed by atoms with Crippen LogP contribution < -0.4 is 10.6 Å². The number of likely N-dealkylation sites (N-methyl/N-ethyl adjacent to an activating group) is 2. The molecule has 1 unspecified atom stereocenters. The van der Waals surface area contributed by atoms with E-state index >= 15 is 0 Å². The third-order valence-electron chi connectivity index (χ3n) is 3.35. The molecule has 0 aliphatic carbocycles. The van der Waals surface area contributed by atoms with E-state index in [1.54, 1.807) is 19.1 Å². The van der Waals surface area contributed by atoms with Crippen molar-refractivity contribution >= 4 is 17.3 Å². The lowest BCUT2D eigenvalue weighted by atomic mass is 10.1. The van der Waals surface area contributed by atoms with Gasteiger partial charge in [-0.15, -0.1) is 0 Å². The quantitative estimate of drug-likeness (QED) is 0.617. The summed E-state index contributed by atoms with van der Waals surface area (Å²) in [6.07, 6.45) is 0. The predicted octanol–water partition coefficient (Wildman–Crippen LogP) is 2.22. The van der Waals surface area contributed by atoms with Crippen molar-refractivity contribution in [2.45, 2.75) is 26.8 Å². The minimum Gasteiger partial charge on any atom is -0.462 e. The van der Waals surface area contributed by atoms with Gasteiger partial charge in [0.25, 0.3) is 0 Å². The summed E-state index contributed by atoms with van der Waals surface area (Å²) in [6.45, 7) is 8.22. The third-order valence-corrected chi connectivity index (χ3v) is 3.35. The Morgan fingerprint density at radius 2 is 2.00 bits per heavy atom. The molecule has 21 heavy (non-hydrogen) atoms. The second-order valence-corrected chi connectivity index (χ2v) is 5.39. The van der Waals surface area contributed by atoms with Gasteiger partial charge >= 0.3 is 5.97 Å². The molecular weight excluding hydrogens is 266 g/mol. The Bertz CT molecular complexity index is 475. The van der Waals surface area contributed by atoms with Crippen LogP contribution in [0.4, 0.5) is 11.4 Å². The Labute approximate surface area is 127 Å². The molecule has 0 aromatic heterocycles. The molecule has 5 nitrogen and oxygen atoms in total. The summed E-state index contributed by atoms with van der Waals surface area (Å²) in [5.74, 6) is -0.333. The zero-order valence-electron chi connectivity index (χ0n) is 13.7. The SMILES string of the molecule is CCOC(=O)c1ccc(N(CC)C(C)CN(C)C)c(N)c1. The fraction of sp³-hybridized carbons (Fsp3) is 0.562. The van der Waals surface area contributed by atoms with E-state index in [0.29, 0.717) is 23.9 Å². The Morgan fingerprint density at radius 1 is 1.33 bits per heavy atom. The van der Waals surface area contributed by atoms with E-state index in [0.717, 1.165) is 18.8 Å². The van der Waals surface area contributed by atoms with E-state index in [-0.39, 0.29) is 5.97 Å². The molecule has 0 amide bonds. The smallest absolute Gasteiger partial charge is 0.338 e. The fourth-order valence-electron chi connectivity index (χ4n) is 2.50. The number of hydrogen-bond acceptors (Lipinski definition) is 5. The predicted molar refractivity (Wildman–Crippen MR) is 87.8 cm³/mol. The maximum atomic E-state index is 11.7. The molecule has 1 rings (SSSR count). The van der Waals surface area contributed by atoms with Crippen molar-refractivity contribution in [3.8, 4) is 0 Å². The number of benzene rings is 1. The molecular formula is C16H27N3O2. The second kappa shape index (κ2) is 7.88. The van der Waals surface area contributed by atoms with Crippen molar-refractivity contribution in [1.82, 2.24) is 4.90 Å². The number of anilines is 2. The first kappa shape index (κ1) is 17.3. The molecule has 0 fully saturated rings. The standard InChI is InChI=1S/C16H27N3O2/c1-6-19(12(3)11-18(4)5)15-9-8-13(10-14(15)17)16(20)21-7-2/h8-10,12H,6-7,11,17H2,1-5H3. The maximum Gasteiger partial charge on any atom is 0.338 e. The van der Waals surface area contributed by atoms with Gasteiger partial charge in [-0.25, -0.2) is 4.79 Å². The van der Waals surface area contributed by atoms with E-state index < -0.39 is 0 Å². The summed E-state index contributed by atoms with van der Waals surface area (Å²) in [5.41, 5.74) is 8.20. The molecule has 0 aliphatic heterocycles. The topological polar surface area (TPSA) is 58.8 Å². The summed E-state index contributed by atoms with van der Waals surface area (Å²) in [5, 5.41) is 0. The van der Waals surface area contributed by atoms with Crippen LogP contribution in [0.3, 0.4) is 0 Å². The molecule has 0 bridgehead atoms. The van der Waals surface area contributed by atoms with Gasteiger partial charge in [0.15, 0.2) is 0 Å². The molecule has 0 saturated carbocycles. The molecule has 1 aromatic rings. The Kier molecular flexibility index (Phi) is 6.49. The number of carbonyl (C=O) groups is 1. The van der Waals surface area contributed by atoms with Gasteiger partial charge in [-0.05, 0) is 53.1 Å². The zero-order chi connectivity index (χ0) is 16.0. The van der Waals surface area contributed by atoms with Crippen LogP contribution >= 0.6 is 0 Å². The molecule has 118 valence electrons. The number of hydrogen-bond donors (Lipinski definition) is 1. The largest absolute Gasteiger partial charge is 0.462 e. The molecule has 0 radical (unpaired) electrons. The molecule has 1 aromatic carbocycles. The van der Waals surface area contributed by atoms with Crippen LogP contribution in [0.25, 0.3) is 0 Å². The first-order chi connectivity index (χ1) is 9.90. The molecule has 0 spiro atoms. The summed E-state index contributed by atoms with van der Waals surface area (Å²) >= 11 is 0. The number of nitrogen functional groups attached to an aromatic ring is 1. The van der Waals surface area contributed by atoms with Gasteiger partial charge < -0.3 is 20.3 Å². The number of ether oxygens (including phenoxy) is 1. The number of nitrogens with zero attached hydrogens (tertiary/aromatic N) is 2. The van der Waals surface area contributed by atoms with Crippen molar-refractivity contribution in [3.63, 3.8) is 0 Å². The highest BCUT2D eigenvalue weighted by Gasteiger charge is 2.17. The normalized spacial score (nSPS) is 12.3. The Morgan fingerprint density at radius 3 is 2.48 bits per heavy atom. The first-order valence-corrected chi connectivity index (χ1v) is 7.38. The number of rotatable bonds is 7. The summed E-state index contributed by atoms with van der Waals surface area (Å²) < 4.78 is 4.99. The molecule has 5 heteroatoms. The molecule has 0 aliphatic rings. The third kappa shape index (κ3) is 4.63. The van der Waals surface area contributed by atoms with Crippen molar-refractivity contribution < 1.29 is 9.53 Å². The highest BCUT2D eigenvalue weighted by atomic mass is 16.5. The van der Waals surface area contributed by atoms with Crippen LogP contribution in [-0.4, -0.2) is 50.7 Å². The van der Waals surface area contributed by atoms with Gasteiger partial charge in [0.05, 0.1) is 23.5 Å². The lowest BCUT2D eigenvalue weighted by Crippen LogP contribution is -2.40. The summed E-state index contributed by atoms with van der Waals surface area (Å²) in [7, 11) is 4.11. The van der Waals surface area contributed by atoms with Gasteiger partial charge in [0.1, 0.15) is 0 Å². The average Bonchev–Trinajstić information content (AvgIpc) is 2.40. The average molecular weight is 293 g/mol. The second-order valence-electron chi connectivity index (χ2n) is 5.39. The van der Waals surface area contributed by atoms with Crippen LogP contribution in [0.5, 0.6) is 0 Å². The Hall–Kier alpha value is -1.75. The van der Waals surface area contributed by atoms with Gasteiger partial charge in [0, 0.05) is 19.1 Å². The molecule has 0 heterocycles. The van der Waals surface area contributed by atoms with E-state index in [4.69, 9.17) is 10.5 Å². The van der Waals surface area contributed by atoms with Crippen molar-refractivity contribution in [1.29, 1.82) is 0 Å². The minimum absolute atomic E-state index is 0.333. The molecule has 2 N–H and O–H groups in total. The van der Waals surface area contributed by atoms with E-state index in [9.17, 15) is 4.79 Å². The van der Waals surface area contributed by atoms with Gasteiger partial charge in [-0.3, -0.25) is 0 Å². The van der Waals surface area contributed by atoms with Crippen molar-refractivity contribution in [2.75, 3.05) is 44.4 Å². The van der Waals surface area contributed by atoms with E-state index in [1.165, 1.54) is 0 Å². The van der Waals surface area contributed by atoms with E-state index in [2.05, 4.69) is 37.7 Å². The number of esters is 1. The molecule has 1 atom stereocenters. The van der Waals surface area contributed by atoms with E-state index in [1.807, 2.05) is 6.07 Å². The summed E-state index contributed by atoms with van der Waals surface area (Å²) in [6, 6.07) is 5.70. The van der Waals surface area contributed by atoms with Crippen LogP contribution in [0.15, 0.2) is 18.2 Å². The van der Waals surface area contributed by atoms with Crippen LogP contribution in [0, 0.1) is 0 Å². The first-order valence-electron chi connectivity index (χ1n) is 7.38. The van der Waals surface area contributed by atoms with Gasteiger partial charge in [-0.1, -0.05) is 0 Å².